The third-order valence-corrected chi connectivity index (χ3v) is 7.48. The average Bonchev–Trinajstić information content (AvgIpc) is 2.91. The minimum Gasteiger partial charge on any atom is -0.403 e. The maximum atomic E-state index is 14.3. The van der Waals surface area contributed by atoms with Crippen LogP contribution in [0.2, 0.25) is 0 Å². The Hall–Kier alpha value is -3.27. The summed E-state index contributed by atoms with van der Waals surface area (Å²) in [5, 5.41) is 13.5. The van der Waals surface area contributed by atoms with Gasteiger partial charge in [0.05, 0.1) is 23.7 Å². The van der Waals surface area contributed by atoms with E-state index in [-0.39, 0.29) is 37.1 Å². The van der Waals surface area contributed by atoms with Crippen LogP contribution in [0.5, 0.6) is 0 Å². The van der Waals surface area contributed by atoms with Gasteiger partial charge < -0.3 is 26.8 Å². The van der Waals surface area contributed by atoms with E-state index < -0.39 is 28.8 Å². The van der Waals surface area contributed by atoms with Gasteiger partial charge in [-0.25, -0.2) is 18.2 Å². The van der Waals surface area contributed by atoms with Crippen molar-refractivity contribution in [2.45, 2.75) is 105 Å². The lowest BCUT2D eigenvalue weighted by molar-refractivity contribution is 0.174. The second kappa shape index (κ2) is 17.1. The molecule has 0 aliphatic heterocycles. The molecule has 0 saturated heterocycles. The van der Waals surface area contributed by atoms with Crippen LogP contribution in [0.3, 0.4) is 0 Å². The molecule has 0 bridgehead atoms. The molecule has 0 aromatic rings. The van der Waals surface area contributed by atoms with Crippen molar-refractivity contribution in [2.24, 2.45) is 32.8 Å². The largest absolute Gasteiger partial charge is 0.403 e. The predicted octanol–water partition coefficient (Wildman–Crippen LogP) is 7.22. The summed E-state index contributed by atoms with van der Waals surface area (Å²) in [6.45, 7) is 14.7. The van der Waals surface area contributed by atoms with E-state index in [1.165, 1.54) is 30.3 Å². The van der Waals surface area contributed by atoms with Gasteiger partial charge in [-0.05, 0) is 94.1 Å². The number of aliphatic hydroxyl groups excluding tert-OH is 1. The summed E-state index contributed by atoms with van der Waals surface area (Å²) in [7, 11) is 1.68. The van der Waals surface area contributed by atoms with Crippen molar-refractivity contribution >= 4 is 11.7 Å². The number of hydrogen-bond acceptors (Lipinski definition) is 5. The highest BCUT2D eigenvalue weighted by molar-refractivity contribution is 6.12. The second-order valence-electron chi connectivity index (χ2n) is 12.0. The number of guanidine groups is 1. The Balaban J connectivity index is 3.85. The standard InChI is InChI=1S/C33H53F3N6O/c1-10-22(4)28-17-29(39-27(12-3)15-24(6)43)25(11-2)16-30(28)40-33(8,41-31(38)42(9)14-13-37)21-32(7,18-23(5)35)19-26(36)20-34/h11,13-14,16-18,20,22,24,27,40,43H,10,12,15,19,21,37H2,1-9H3,(H2,38,41)/b14-13+,23-18+,25-11-,26-20-,39-29?/t22?,24-,27?,32?,33?/m0/s1. The van der Waals surface area contributed by atoms with Crippen LogP contribution in [0.1, 0.15) is 87.5 Å². The summed E-state index contributed by atoms with van der Waals surface area (Å²) in [6.07, 6.45) is 11.5. The molecule has 5 atom stereocenters. The summed E-state index contributed by atoms with van der Waals surface area (Å²) in [5.74, 6) is -1.28. The van der Waals surface area contributed by atoms with Crippen LogP contribution in [0.4, 0.5) is 13.2 Å². The molecule has 6 N–H and O–H groups in total. The van der Waals surface area contributed by atoms with E-state index in [2.05, 4.69) is 25.2 Å². The van der Waals surface area contributed by atoms with E-state index in [0.717, 1.165) is 35.4 Å². The summed E-state index contributed by atoms with van der Waals surface area (Å²) in [5.41, 5.74) is 13.0. The van der Waals surface area contributed by atoms with Crippen LogP contribution in [-0.2, 0) is 0 Å². The van der Waals surface area contributed by atoms with Crippen molar-refractivity contribution in [1.29, 1.82) is 0 Å². The smallest absolute Gasteiger partial charge is 0.197 e. The van der Waals surface area contributed by atoms with Gasteiger partial charge in [-0.15, -0.1) is 0 Å². The number of nitrogens with zero attached hydrogens (tertiary/aromatic N) is 3. The minimum absolute atomic E-state index is 0.0435. The fourth-order valence-electron chi connectivity index (χ4n) is 5.40. The van der Waals surface area contributed by atoms with Crippen molar-refractivity contribution in [3.63, 3.8) is 0 Å². The quantitative estimate of drug-likeness (QED) is 0.116. The zero-order valence-corrected chi connectivity index (χ0v) is 27.4. The van der Waals surface area contributed by atoms with Gasteiger partial charge in [-0.1, -0.05) is 33.8 Å². The lowest BCUT2D eigenvalue weighted by Crippen LogP contribution is -2.48. The first-order chi connectivity index (χ1) is 20.0. The number of hydrogen-bond donors (Lipinski definition) is 4. The number of allylic oxidation sites excluding steroid dienone is 8. The maximum absolute atomic E-state index is 14.3. The van der Waals surface area contributed by atoms with Gasteiger partial charge in [-0.3, -0.25) is 4.99 Å². The predicted molar refractivity (Wildman–Crippen MR) is 174 cm³/mol. The first kappa shape index (κ1) is 37.8. The zero-order valence-electron chi connectivity index (χ0n) is 27.4. The number of aliphatic hydroxyl groups is 1. The molecule has 0 aromatic heterocycles. The number of halogens is 3. The molecule has 0 fully saturated rings. The number of aliphatic imine (C=N–C) groups is 2. The molecule has 0 spiro atoms. The van der Waals surface area contributed by atoms with Gasteiger partial charge in [0, 0.05) is 31.6 Å². The molecule has 0 saturated carbocycles. The zero-order chi connectivity index (χ0) is 33.0. The van der Waals surface area contributed by atoms with Crippen molar-refractivity contribution in [3.05, 3.63) is 71.5 Å². The highest BCUT2D eigenvalue weighted by Crippen LogP contribution is 2.40. The van der Waals surface area contributed by atoms with Crippen molar-refractivity contribution in [2.75, 3.05) is 7.05 Å². The number of nitrogens with one attached hydrogen (secondary N) is 1. The van der Waals surface area contributed by atoms with Gasteiger partial charge in [0.2, 0.25) is 0 Å². The normalized spacial score (nSPS) is 22.1. The summed E-state index contributed by atoms with van der Waals surface area (Å²) in [6, 6.07) is -0.0435. The molecule has 43 heavy (non-hydrogen) atoms. The SMILES string of the molecule is C/C=C1/C=C(NC(C)(CC(C)(/C=C(\C)F)C/C(F)=C/F)N=C(N)N(C)/C=C/N)C(C(C)CC)=CC1=NC(CC)C[C@H](C)O. The third-order valence-electron chi connectivity index (χ3n) is 7.48. The molecular weight excluding hydrogens is 553 g/mol. The van der Waals surface area contributed by atoms with E-state index in [9.17, 15) is 18.3 Å². The Morgan fingerprint density at radius 1 is 1.19 bits per heavy atom. The van der Waals surface area contributed by atoms with Crippen LogP contribution < -0.4 is 16.8 Å². The van der Waals surface area contributed by atoms with E-state index in [4.69, 9.17) is 21.5 Å². The van der Waals surface area contributed by atoms with Gasteiger partial charge in [-0.2, -0.15) is 0 Å². The lowest BCUT2D eigenvalue weighted by atomic mass is 9.77. The first-order valence-electron chi connectivity index (χ1n) is 15.0. The maximum Gasteiger partial charge on any atom is 0.197 e. The van der Waals surface area contributed by atoms with Gasteiger partial charge in [0.15, 0.2) is 5.96 Å². The number of nitrogens with two attached hydrogens (primary N) is 2. The van der Waals surface area contributed by atoms with Crippen LogP contribution in [0.15, 0.2) is 81.5 Å². The highest BCUT2D eigenvalue weighted by atomic mass is 19.2. The Morgan fingerprint density at radius 2 is 1.84 bits per heavy atom. The van der Waals surface area contributed by atoms with Crippen molar-refractivity contribution in [1.82, 2.24) is 10.2 Å². The molecule has 10 heteroatoms. The fraction of sp³-hybridized carbons (Fsp3) is 0.576. The molecule has 4 unspecified atom stereocenters. The summed E-state index contributed by atoms with van der Waals surface area (Å²) >= 11 is 0. The topological polar surface area (TPSA) is 112 Å². The Labute approximate surface area is 256 Å². The molecule has 0 amide bonds. The van der Waals surface area contributed by atoms with Gasteiger partial charge >= 0.3 is 0 Å². The molecule has 7 nitrogen and oxygen atoms in total. The Morgan fingerprint density at radius 3 is 2.33 bits per heavy atom. The van der Waals surface area contributed by atoms with Crippen LogP contribution in [-0.4, -0.2) is 46.5 Å². The molecule has 242 valence electrons. The van der Waals surface area contributed by atoms with Gasteiger partial charge in [0.25, 0.3) is 0 Å². The molecule has 0 radical (unpaired) electrons. The fourth-order valence-corrected chi connectivity index (χ4v) is 5.40. The van der Waals surface area contributed by atoms with E-state index >= 15 is 0 Å². The van der Waals surface area contributed by atoms with Crippen LogP contribution >= 0.6 is 0 Å². The second-order valence-corrected chi connectivity index (χ2v) is 12.0. The third kappa shape index (κ3) is 12.1. The monoisotopic (exact) mass is 606 g/mol. The molecular formula is C33H53F3N6O. The summed E-state index contributed by atoms with van der Waals surface area (Å²) < 4.78 is 41.8. The Kier molecular flexibility index (Phi) is 15.0. The molecule has 0 heterocycles. The number of rotatable bonds is 15. The molecule has 1 rings (SSSR count). The van der Waals surface area contributed by atoms with E-state index in [1.807, 2.05) is 26.0 Å². The lowest BCUT2D eigenvalue weighted by Gasteiger charge is -2.39. The highest BCUT2D eigenvalue weighted by Gasteiger charge is 2.37. The van der Waals surface area contributed by atoms with Crippen molar-refractivity contribution < 1.29 is 18.3 Å². The molecule has 1 aliphatic rings. The molecule has 0 aromatic carbocycles. The minimum atomic E-state index is -1.21. The van der Waals surface area contributed by atoms with Crippen LogP contribution in [0, 0.1) is 11.3 Å². The summed E-state index contributed by atoms with van der Waals surface area (Å²) in [4.78, 5) is 11.3. The van der Waals surface area contributed by atoms with Gasteiger partial charge in [0.1, 0.15) is 17.8 Å². The van der Waals surface area contributed by atoms with E-state index in [0.29, 0.717) is 6.42 Å². The van der Waals surface area contributed by atoms with Crippen molar-refractivity contribution in [3.8, 4) is 0 Å². The Bertz CT molecular complexity index is 1180. The van der Waals surface area contributed by atoms with E-state index in [1.54, 1.807) is 27.8 Å². The first-order valence-corrected chi connectivity index (χ1v) is 15.0. The average molecular weight is 607 g/mol. The molecule has 1 aliphatic carbocycles. The van der Waals surface area contributed by atoms with Crippen LogP contribution in [0.25, 0.3) is 0 Å².